The zero-order valence-corrected chi connectivity index (χ0v) is 23.8. The summed E-state index contributed by atoms with van der Waals surface area (Å²) in [6.45, 7) is 8.43. The van der Waals surface area contributed by atoms with Gasteiger partial charge in [-0.3, -0.25) is 0 Å². The molecule has 0 amide bonds. The number of benzene rings is 6. The smallest absolute Gasteiger partial charge is 0.0541 e. The Bertz CT molecular complexity index is 2290. The lowest BCUT2D eigenvalue weighted by molar-refractivity contribution is 1.16. The van der Waals surface area contributed by atoms with Gasteiger partial charge in [0.05, 0.1) is 22.1 Å². The van der Waals surface area contributed by atoms with Crippen molar-refractivity contribution in [2.45, 2.75) is 13.8 Å². The molecule has 0 bridgehead atoms. The monoisotopic (exact) mass is 538 g/mol. The average molecular weight is 539 g/mol. The zero-order chi connectivity index (χ0) is 28.4. The molecule has 0 spiro atoms. The number of fused-ring (bicyclic) bond motifs is 6. The molecule has 0 saturated heterocycles. The molecule has 0 aliphatic carbocycles. The Kier molecular flexibility index (Phi) is 5.45. The average Bonchev–Trinajstić information content (AvgIpc) is 3.54. The highest BCUT2D eigenvalue weighted by molar-refractivity contribution is 6.10. The molecule has 2 heteroatoms. The third-order valence-corrected chi connectivity index (χ3v) is 8.74. The predicted molar refractivity (Wildman–Crippen MR) is 180 cm³/mol. The van der Waals surface area contributed by atoms with Gasteiger partial charge in [-0.05, 0) is 96.3 Å². The van der Waals surface area contributed by atoms with Crippen molar-refractivity contribution < 1.29 is 0 Å². The van der Waals surface area contributed by atoms with Crippen LogP contribution in [0.15, 0.2) is 134 Å². The lowest BCUT2D eigenvalue weighted by atomic mass is 9.95. The summed E-state index contributed by atoms with van der Waals surface area (Å²) in [7, 11) is 0. The SMILES string of the molecule is C=Cc1ccc2c(c1)c1ccccc1n2-c1ccc(-c2ccc(-n3c4ccccc4c4ccccc43)cc2C)c(C)c1. The maximum atomic E-state index is 3.98. The molecule has 200 valence electrons. The molecule has 42 heavy (non-hydrogen) atoms. The van der Waals surface area contributed by atoms with Crippen molar-refractivity contribution in [3.05, 3.63) is 151 Å². The second-order valence-corrected chi connectivity index (χ2v) is 11.2. The maximum Gasteiger partial charge on any atom is 0.0541 e. The van der Waals surface area contributed by atoms with Crippen LogP contribution in [0, 0.1) is 13.8 Å². The van der Waals surface area contributed by atoms with Gasteiger partial charge in [0.25, 0.3) is 0 Å². The van der Waals surface area contributed by atoms with Gasteiger partial charge in [0, 0.05) is 32.9 Å². The number of nitrogens with zero attached hydrogens (tertiary/aromatic N) is 2. The predicted octanol–water partition coefficient (Wildman–Crippen LogP) is 10.8. The third-order valence-electron chi connectivity index (χ3n) is 8.74. The number of rotatable bonds is 4. The van der Waals surface area contributed by atoms with E-state index in [1.54, 1.807) is 0 Å². The first-order chi connectivity index (χ1) is 20.6. The fourth-order valence-corrected chi connectivity index (χ4v) is 6.77. The Morgan fingerprint density at radius 2 is 0.881 bits per heavy atom. The molecule has 2 heterocycles. The van der Waals surface area contributed by atoms with Gasteiger partial charge >= 0.3 is 0 Å². The first-order valence-electron chi connectivity index (χ1n) is 14.5. The number of aryl methyl sites for hydroxylation is 2. The Labute approximate surface area is 245 Å². The molecule has 0 radical (unpaired) electrons. The van der Waals surface area contributed by atoms with E-state index in [2.05, 4.69) is 157 Å². The van der Waals surface area contributed by atoms with E-state index in [0.717, 1.165) is 5.56 Å². The zero-order valence-electron chi connectivity index (χ0n) is 23.8. The summed E-state index contributed by atoms with van der Waals surface area (Å²) < 4.78 is 4.77. The van der Waals surface area contributed by atoms with Crippen LogP contribution in [0.25, 0.3) is 72.2 Å². The molecule has 0 unspecified atom stereocenters. The lowest BCUT2D eigenvalue weighted by Crippen LogP contribution is -1.98. The molecule has 8 rings (SSSR count). The molecule has 2 aromatic heterocycles. The standard InChI is InChI=1S/C40H30N2/c1-4-28-17-22-40-36(25-28)35-13-7-10-16-39(35)42(40)30-19-21-32(27(3)24-30)31-20-18-29(23-26(31)2)41-37-14-8-5-11-33(37)34-12-6-9-15-38(34)41/h4-25H,1H2,2-3H3. The Morgan fingerprint density at radius 3 is 1.33 bits per heavy atom. The van der Waals surface area contributed by atoms with Crippen LogP contribution in [0.5, 0.6) is 0 Å². The van der Waals surface area contributed by atoms with Gasteiger partial charge in [-0.2, -0.15) is 0 Å². The summed E-state index contributed by atoms with van der Waals surface area (Å²) in [6, 6.07) is 46.4. The number of hydrogen-bond donors (Lipinski definition) is 0. The quantitative estimate of drug-likeness (QED) is 0.211. The Balaban J connectivity index is 1.25. The van der Waals surface area contributed by atoms with Crippen molar-refractivity contribution in [3.8, 4) is 22.5 Å². The van der Waals surface area contributed by atoms with Gasteiger partial charge < -0.3 is 9.13 Å². The highest BCUT2D eigenvalue weighted by atomic mass is 15.0. The normalized spacial score (nSPS) is 11.7. The van der Waals surface area contributed by atoms with Crippen molar-refractivity contribution in [1.29, 1.82) is 0 Å². The molecule has 0 saturated carbocycles. The van der Waals surface area contributed by atoms with E-state index in [0.29, 0.717) is 0 Å². The van der Waals surface area contributed by atoms with Crippen LogP contribution in [0.3, 0.4) is 0 Å². The topological polar surface area (TPSA) is 9.86 Å². The number of aromatic nitrogens is 2. The minimum absolute atomic E-state index is 1.14. The van der Waals surface area contributed by atoms with Crippen molar-refractivity contribution in [1.82, 2.24) is 9.13 Å². The van der Waals surface area contributed by atoms with Crippen LogP contribution in [0.1, 0.15) is 16.7 Å². The minimum Gasteiger partial charge on any atom is -0.309 e. The van der Waals surface area contributed by atoms with Gasteiger partial charge in [-0.1, -0.05) is 85.5 Å². The fraction of sp³-hybridized carbons (Fsp3) is 0.0500. The van der Waals surface area contributed by atoms with E-state index in [1.807, 2.05) is 6.08 Å². The molecule has 8 aromatic rings. The molecule has 6 aromatic carbocycles. The van der Waals surface area contributed by atoms with Crippen molar-refractivity contribution in [2.24, 2.45) is 0 Å². The van der Waals surface area contributed by atoms with Crippen molar-refractivity contribution in [2.75, 3.05) is 0 Å². The van der Waals surface area contributed by atoms with E-state index in [1.165, 1.54) is 77.2 Å². The molecular weight excluding hydrogens is 508 g/mol. The molecule has 0 fully saturated rings. The fourth-order valence-electron chi connectivity index (χ4n) is 6.77. The first-order valence-corrected chi connectivity index (χ1v) is 14.5. The second kappa shape index (κ2) is 9.36. The highest BCUT2D eigenvalue weighted by Gasteiger charge is 2.16. The van der Waals surface area contributed by atoms with Crippen molar-refractivity contribution in [3.63, 3.8) is 0 Å². The molecule has 0 aliphatic heterocycles. The van der Waals surface area contributed by atoms with Gasteiger partial charge in [0.1, 0.15) is 0 Å². The largest absolute Gasteiger partial charge is 0.309 e. The lowest BCUT2D eigenvalue weighted by Gasteiger charge is -2.15. The highest BCUT2D eigenvalue weighted by Crippen LogP contribution is 2.37. The maximum absolute atomic E-state index is 3.98. The minimum atomic E-state index is 1.14. The van der Waals surface area contributed by atoms with Crippen LogP contribution < -0.4 is 0 Å². The van der Waals surface area contributed by atoms with Crippen molar-refractivity contribution >= 4 is 49.7 Å². The molecular formula is C40H30N2. The Morgan fingerprint density at radius 1 is 0.452 bits per heavy atom. The van der Waals surface area contributed by atoms with E-state index in [4.69, 9.17) is 0 Å². The molecule has 0 atom stereocenters. The van der Waals surface area contributed by atoms with Crippen LogP contribution in [-0.4, -0.2) is 9.13 Å². The third kappa shape index (κ3) is 3.59. The summed E-state index contributed by atoms with van der Waals surface area (Å²) in [5.41, 5.74) is 13.4. The van der Waals surface area contributed by atoms with E-state index >= 15 is 0 Å². The van der Waals surface area contributed by atoms with E-state index in [-0.39, 0.29) is 0 Å². The summed E-state index contributed by atoms with van der Waals surface area (Å²) in [5.74, 6) is 0. The van der Waals surface area contributed by atoms with Crippen LogP contribution in [0.2, 0.25) is 0 Å². The summed E-state index contributed by atoms with van der Waals surface area (Å²) in [6.07, 6.45) is 1.92. The summed E-state index contributed by atoms with van der Waals surface area (Å²) in [5, 5.41) is 5.08. The van der Waals surface area contributed by atoms with E-state index in [9.17, 15) is 0 Å². The molecule has 2 nitrogen and oxygen atoms in total. The number of hydrogen-bond acceptors (Lipinski definition) is 0. The molecule has 0 N–H and O–H groups in total. The van der Waals surface area contributed by atoms with Gasteiger partial charge in [-0.15, -0.1) is 0 Å². The Hall–Kier alpha value is -5.34. The summed E-state index contributed by atoms with van der Waals surface area (Å²) >= 11 is 0. The van der Waals surface area contributed by atoms with Gasteiger partial charge in [0.15, 0.2) is 0 Å². The van der Waals surface area contributed by atoms with Crippen LogP contribution >= 0.6 is 0 Å². The summed E-state index contributed by atoms with van der Waals surface area (Å²) in [4.78, 5) is 0. The van der Waals surface area contributed by atoms with Gasteiger partial charge in [0.2, 0.25) is 0 Å². The molecule has 0 aliphatic rings. The van der Waals surface area contributed by atoms with E-state index < -0.39 is 0 Å². The number of para-hydroxylation sites is 3. The second-order valence-electron chi connectivity index (χ2n) is 11.2. The van der Waals surface area contributed by atoms with Gasteiger partial charge in [-0.25, -0.2) is 0 Å². The van der Waals surface area contributed by atoms with Crippen LogP contribution in [-0.2, 0) is 0 Å². The first kappa shape index (κ1) is 24.5. The van der Waals surface area contributed by atoms with Crippen LogP contribution in [0.4, 0.5) is 0 Å².